The van der Waals surface area contributed by atoms with Crippen molar-refractivity contribution in [2.24, 2.45) is 0 Å². The van der Waals surface area contributed by atoms with Gasteiger partial charge in [0.25, 0.3) is 0 Å². The van der Waals surface area contributed by atoms with Gasteiger partial charge >= 0.3 is 0 Å². The molecule has 0 saturated heterocycles. The Hall–Kier alpha value is -0.160. The summed E-state index contributed by atoms with van der Waals surface area (Å²) >= 11 is 0. The van der Waals surface area contributed by atoms with Gasteiger partial charge in [-0.15, -0.1) is 10.6 Å². The summed E-state index contributed by atoms with van der Waals surface area (Å²) in [4.78, 5) is 0. The fourth-order valence-electron chi connectivity index (χ4n) is 0.260. The lowest BCUT2D eigenvalue weighted by Crippen LogP contribution is -2.29. The van der Waals surface area contributed by atoms with Crippen molar-refractivity contribution in [3.8, 4) is 0 Å². The van der Waals surface area contributed by atoms with Gasteiger partial charge in [-0.05, 0) is 6.92 Å². The number of aliphatic hydroxyl groups excluding tert-OH is 1. The Kier molecular flexibility index (Phi) is 4.89. The van der Waals surface area contributed by atoms with Gasteiger partial charge in [-0.1, -0.05) is 0 Å². The predicted octanol–water partition coefficient (Wildman–Crippen LogP) is -0.791. The van der Waals surface area contributed by atoms with E-state index in [0.717, 1.165) is 5.17 Å². The molecule has 0 fully saturated rings. The third-order valence-corrected chi connectivity index (χ3v) is 0.646. The molecule has 0 aromatic rings. The van der Waals surface area contributed by atoms with Crippen molar-refractivity contribution in [2.75, 3.05) is 19.7 Å². The first-order chi connectivity index (χ1) is 3.81. The molecule has 0 amide bonds. The molecule has 49 valence electrons. The van der Waals surface area contributed by atoms with E-state index in [1.54, 1.807) is 6.92 Å². The molecule has 0 aromatic heterocycles. The summed E-state index contributed by atoms with van der Waals surface area (Å²) in [6.45, 7) is 2.47. The summed E-state index contributed by atoms with van der Waals surface area (Å²) in [5.41, 5.74) is 3.50. The Morgan fingerprint density at radius 3 is 2.62 bits per heavy atom. The molecule has 2 N–H and O–H groups in total. The van der Waals surface area contributed by atoms with Gasteiger partial charge in [0, 0.05) is 6.54 Å². The second-order valence-electron chi connectivity index (χ2n) is 1.28. The van der Waals surface area contributed by atoms with Crippen LogP contribution < -0.4 is 5.43 Å². The van der Waals surface area contributed by atoms with E-state index in [0.29, 0.717) is 6.54 Å². The zero-order valence-electron chi connectivity index (χ0n) is 4.91. The topological polar surface area (TPSA) is 57.8 Å². The highest BCUT2D eigenvalue weighted by molar-refractivity contribution is 4.31. The number of hydroxylamine groups is 1. The Morgan fingerprint density at radius 2 is 2.25 bits per heavy atom. The summed E-state index contributed by atoms with van der Waals surface area (Å²) in [5, 5.41) is 17.5. The second-order valence-corrected chi connectivity index (χ2v) is 1.28. The molecule has 0 saturated carbocycles. The number of hydrogen-bond donors (Lipinski definition) is 2. The van der Waals surface area contributed by atoms with Crippen molar-refractivity contribution in [3.05, 3.63) is 0 Å². The van der Waals surface area contributed by atoms with E-state index in [1.165, 1.54) is 0 Å². The van der Waals surface area contributed by atoms with E-state index in [9.17, 15) is 0 Å². The monoisotopic (exact) mass is 119 g/mol. The van der Waals surface area contributed by atoms with Gasteiger partial charge in [0.1, 0.15) is 0 Å². The van der Waals surface area contributed by atoms with E-state index >= 15 is 0 Å². The van der Waals surface area contributed by atoms with Crippen LogP contribution in [0.1, 0.15) is 6.92 Å². The van der Waals surface area contributed by atoms with Crippen molar-refractivity contribution < 1.29 is 10.3 Å². The first kappa shape index (κ1) is 7.84. The molecule has 0 aliphatic carbocycles. The Balaban J connectivity index is 2.86. The van der Waals surface area contributed by atoms with Crippen LogP contribution in [0.4, 0.5) is 0 Å². The van der Waals surface area contributed by atoms with Gasteiger partial charge in [0.15, 0.2) is 0 Å². The van der Waals surface area contributed by atoms with Crippen LogP contribution in [-0.4, -0.2) is 35.2 Å². The smallest absolute Gasteiger partial charge is 0.0588 e. The van der Waals surface area contributed by atoms with Crippen molar-refractivity contribution >= 4 is 0 Å². The summed E-state index contributed by atoms with van der Waals surface area (Å²) < 4.78 is 0. The molecule has 0 heterocycles. The molecule has 1 radical (unpaired) electrons. The standard InChI is InChI=1S/C4H11N2O2/c1-2-6(8)5-3-4-7/h7-8H,2-4H2,1H3. The minimum atomic E-state index is -0.0168. The molecular weight excluding hydrogens is 108 g/mol. The molecular formula is C4H11N2O2. The van der Waals surface area contributed by atoms with Crippen LogP contribution in [0.25, 0.3) is 0 Å². The lowest BCUT2D eigenvalue weighted by Gasteiger charge is -2.08. The Bertz CT molecular complexity index is 51.3. The molecule has 0 aliphatic rings. The highest BCUT2D eigenvalue weighted by Gasteiger charge is 1.92. The number of aliphatic hydroxyl groups is 1. The molecule has 0 spiro atoms. The summed E-state index contributed by atoms with van der Waals surface area (Å²) in [6.07, 6.45) is 0. The predicted molar refractivity (Wildman–Crippen MR) is 28.3 cm³/mol. The van der Waals surface area contributed by atoms with Crippen LogP contribution in [0.2, 0.25) is 0 Å². The molecule has 4 heteroatoms. The van der Waals surface area contributed by atoms with Crippen LogP contribution in [-0.2, 0) is 0 Å². The quantitative estimate of drug-likeness (QED) is 0.477. The number of hydrogen-bond acceptors (Lipinski definition) is 3. The van der Waals surface area contributed by atoms with E-state index in [1.807, 2.05) is 0 Å². The van der Waals surface area contributed by atoms with Gasteiger partial charge in [-0.25, -0.2) is 0 Å². The van der Waals surface area contributed by atoms with Gasteiger partial charge in [0.05, 0.1) is 13.2 Å². The number of nitrogens with zero attached hydrogens (tertiary/aromatic N) is 2. The normalized spacial score (nSPS) is 10.5. The van der Waals surface area contributed by atoms with E-state index < -0.39 is 0 Å². The third kappa shape index (κ3) is 4.01. The Morgan fingerprint density at radius 1 is 1.62 bits per heavy atom. The largest absolute Gasteiger partial charge is 0.395 e. The zero-order valence-corrected chi connectivity index (χ0v) is 4.91. The average molecular weight is 119 g/mol. The number of rotatable bonds is 4. The maximum atomic E-state index is 8.54. The maximum Gasteiger partial charge on any atom is 0.0588 e. The van der Waals surface area contributed by atoms with E-state index in [2.05, 4.69) is 5.43 Å². The van der Waals surface area contributed by atoms with Crippen LogP contribution in [0.15, 0.2) is 0 Å². The molecule has 0 unspecified atom stereocenters. The minimum absolute atomic E-state index is 0.0168. The molecule has 8 heavy (non-hydrogen) atoms. The zero-order chi connectivity index (χ0) is 6.41. The highest BCUT2D eigenvalue weighted by Crippen LogP contribution is 1.71. The summed E-state index contributed by atoms with van der Waals surface area (Å²) in [5.74, 6) is 0. The molecule has 0 aromatic carbocycles. The fraction of sp³-hybridized carbons (Fsp3) is 1.00. The van der Waals surface area contributed by atoms with Gasteiger partial charge in [0.2, 0.25) is 0 Å². The van der Waals surface area contributed by atoms with Crippen molar-refractivity contribution in [1.29, 1.82) is 0 Å². The minimum Gasteiger partial charge on any atom is -0.395 e. The molecule has 4 nitrogen and oxygen atoms in total. The SMILES string of the molecule is CCN(O)[N]CCO. The van der Waals surface area contributed by atoms with Crippen LogP contribution in [0.3, 0.4) is 0 Å². The molecule has 0 aliphatic heterocycles. The molecule has 0 bridgehead atoms. The van der Waals surface area contributed by atoms with Crippen LogP contribution >= 0.6 is 0 Å². The van der Waals surface area contributed by atoms with E-state index in [4.69, 9.17) is 10.3 Å². The molecule has 0 rings (SSSR count). The first-order valence-corrected chi connectivity index (χ1v) is 2.56. The second kappa shape index (κ2) is 4.99. The van der Waals surface area contributed by atoms with Gasteiger partial charge < -0.3 is 5.11 Å². The lowest BCUT2D eigenvalue weighted by atomic mass is 10.7. The third-order valence-electron chi connectivity index (χ3n) is 0.646. The van der Waals surface area contributed by atoms with Gasteiger partial charge in [-0.2, -0.15) is 0 Å². The van der Waals surface area contributed by atoms with Gasteiger partial charge in [-0.3, -0.25) is 5.21 Å². The summed E-state index contributed by atoms with van der Waals surface area (Å²) in [6, 6.07) is 0. The van der Waals surface area contributed by atoms with Crippen molar-refractivity contribution in [1.82, 2.24) is 10.6 Å². The average Bonchev–Trinajstić information content (AvgIpc) is 1.83. The maximum absolute atomic E-state index is 8.54. The van der Waals surface area contributed by atoms with Crippen molar-refractivity contribution in [2.45, 2.75) is 6.92 Å². The summed E-state index contributed by atoms with van der Waals surface area (Å²) in [7, 11) is 0. The molecule has 0 atom stereocenters. The highest BCUT2D eigenvalue weighted by atomic mass is 16.5. The van der Waals surface area contributed by atoms with Crippen molar-refractivity contribution in [3.63, 3.8) is 0 Å². The van der Waals surface area contributed by atoms with E-state index in [-0.39, 0.29) is 13.2 Å². The van der Waals surface area contributed by atoms with Crippen LogP contribution in [0.5, 0.6) is 0 Å². The first-order valence-electron chi connectivity index (χ1n) is 2.56. The Labute approximate surface area is 48.7 Å². The van der Waals surface area contributed by atoms with Crippen LogP contribution in [0, 0.1) is 0 Å². The fourth-order valence-corrected chi connectivity index (χ4v) is 0.260. The lowest BCUT2D eigenvalue weighted by molar-refractivity contribution is -0.138.